The summed E-state index contributed by atoms with van der Waals surface area (Å²) in [6.07, 6.45) is 4.81. The summed E-state index contributed by atoms with van der Waals surface area (Å²) in [5, 5.41) is 0. The molecule has 1 saturated heterocycles. The number of hydrogen-bond donors (Lipinski definition) is 0. The molecule has 19 heavy (non-hydrogen) atoms. The SMILES string of the molecule is CN(C[C@H]1CCOC1)c1ccnc2cc(Br)cnc12. The van der Waals surface area contributed by atoms with E-state index in [1.165, 1.54) is 0 Å². The summed E-state index contributed by atoms with van der Waals surface area (Å²) in [5.74, 6) is 0.615. The quantitative estimate of drug-likeness (QED) is 0.871. The maximum atomic E-state index is 5.44. The second-order valence-corrected chi connectivity index (χ2v) is 5.88. The lowest BCUT2D eigenvalue weighted by Gasteiger charge is -2.23. The van der Waals surface area contributed by atoms with Crippen LogP contribution >= 0.6 is 15.9 Å². The average Bonchev–Trinajstić information content (AvgIpc) is 2.90. The molecule has 0 unspecified atom stereocenters. The van der Waals surface area contributed by atoms with Gasteiger partial charge in [-0.3, -0.25) is 9.97 Å². The Bertz CT molecular complexity index is 584. The molecule has 0 saturated carbocycles. The molecule has 4 nitrogen and oxygen atoms in total. The largest absolute Gasteiger partial charge is 0.381 e. The Balaban J connectivity index is 1.90. The van der Waals surface area contributed by atoms with Gasteiger partial charge in [-0.15, -0.1) is 0 Å². The second kappa shape index (κ2) is 5.43. The highest BCUT2D eigenvalue weighted by Gasteiger charge is 2.19. The predicted octanol–water partition coefficient (Wildman–Crippen LogP) is 2.87. The van der Waals surface area contributed by atoms with Crippen LogP contribution in [0, 0.1) is 5.92 Å². The minimum Gasteiger partial charge on any atom is -0.381 e. The molecular weight excluding hydrogens is 306 g/mol. The zero-order chi connectivity index (χ0) is 13.2. The Morgan fingerprint density at radius 2 is 2.37 bits per heavy atom. The van der Waals surface area contributed by atoms with E-state index in [4.69, 9.17) is 4.74 Å². The lowest BCUT2D eigenvalue weighted by molar-refractivity contribution is 0.186. The van der Waals surface area contributed by atoms with E-state index in [9.17, 15) is 0 Å². The second-order valence-electron chi connectivity index (χ2n) is 4.96. The van der Waals surface area contributed by atoms with Crippen LogP contribution in [0.1, 0.15) is 6.42 Å². The van der Waals surface area contributed by atoms with Gasteiger partial charge >= 0.3 is 0 Å². The number of hydrogen-bond acceptors (Lipinski definition) is 4. The number of pyridine rings is 2. The predicted molar refractivity (Wildman–Crippen MR) is 79.4 cm³/mol. The van der Waals surface area contributed by atoms with Crippen LogP contribution in [0.4, 0.5) is 5.69 Å². The van der Waals surface area contributed by atoms with Crippen LogP contribution in [-0.4, -0.2) is 36.8 Å². The first-order valence-electron chi connectivity index (χ1n) is 6.43. The Kier molecular flexibility index (Phi) is 3.66. The van der Waals surface area contributed by atoms with E-state index in [2.05, 4.69) is 37.8 Å². The van der Waals surface area contributed by atoms with Gasteiger partial charge in [-0.1, -0.05) is 0 Å². The fourth-order valence-corrected chi connectivity index (χ4v) is 2.83. The van der Waals surface area contributed by atoms with Crippen LogP contribution in [0.5, 0.6) is 0 Å². The highest BCUT2D eigenvalue weighted by Crippen LogP contribution is 2.26. The van der Waals surface area contributed by atoms with Crippen LogP contribution in [-0.2, 0) is 4.74 Å². The van der Waals surface area contributed by atoms with Crippen molar-refractivity contribution < 1.29 is 4.74 Å². The summed E-state index contributed by atoms with van der Waals surface area (Å²) in [4.78, 5) is 11.1. The molecule has 3 heterocycles. The van der Waals surface area contributed by atoms with Gasteiger partial charge in [0.2, 0.25) is 0 Å². The molecule has 3 rings (SSSR count). The van der Waals surface area contributed by atoms with Gasteiger partial charge in [-0.25, -0.2) is 0 Å². The van der Waals surface area contributed by atoms with Crippen LogP contribution in [0.25, 0.3) is 11.0 Å². The molecule has 0 radical (unpaired) electrons. The fourth-order valence-electron chi connectivity index (χ4n) is 2.51. The molecule has 0 N–H and O–H groups in total. The molecule has 0 amide bonds. The van der Waals surface area contributed by atoms with E-state index in [1.807, 2.05) is 24.5 Å². The molecular formula is C14H16BrN3O. The smallest absolute Gasteiger partial charge is 0.112 e. The maximum absolute atomic E-state index is 5.44. The minimum absolute atomic E-state index is 0.615. The van der Waals surface area contributed by atoms with Crippen molar-refractivity contribution in [3.8, 4) is 0 Å². The van der Waals surface area contributed by atoms with Gasteiger partial charge in [0.05, 0.1) is 17.8 Å². The summed E-state index contributed by atoms with van der Waals surface area (Å²) in [5.41, 5.74) is 3.00. The number of halogens is 1. The van der Waals surface area contributed by atoms with Crippen LogP contribution < -0.4 is 4.90 Å². The zero-order valence-corrected chi connectivity index (χ0v) is 12.4. The van der Waals surface area contributed by atoms with Crippen molar-refractivity contribution in [2.24, 2.45) is 5.92 Å². The van der Waals surface area contributed by atoms with Gasteiger partial charge in [0.1, 0.15) is 5.52 Å². The highest BCUT2D eigenvalue weighted by molar-refractivity contribution is 9.10. The minimum atomic E-state index is 0.615. The fraction of sp³-hybridized carbons (Fsp3) is 0.429. The zero-order valence-electron chi connectivity index (χ0n) is 10.8. The number of nitrogens with zero attached hydrogens (tertiary/aromatic N) is 3. The van der Waals surface area contributed by atoms with E-state index in [1.54, 1.807) is 0 Å². The standard InChI is InChI=1S/C14H16BrN3O/c1-18(8-10-3-5-19-9-10)13-2-4-16-12-6-11(15)7-17-14(12)13/h2,4,6-7,10H,3,5,8-9H2,1H3/t10-/m1/s1. The summed E-state index contributed by atoms with van der Waals surface area (Å²) >= 11 is 3.43. The van der Waals surface area contributed by atoms with Gasteiger partial charge in [0.15, 0.2) is 0 Å². The van der Waals surface area contributed by atoms with E-state index >= 15 is 0 Å². The van der Waals surface area contributed by atoms with Crippen molar-refractivity contribution in [1.82, 2.24) is 9.97 Å². The van der Waals surface area contributed by atoms with E-state index < -0.39 is 0 Å². The first-order valence-corrected chi connectivity index (χ1v) is 7.22. The lowest BCUT2D eigenvalue weighted by atomic mass is 10.1. The lowest BCUT2D eigenvalue weighted by Crippen LogP contribution is -2.26. The van der Waals surface area contributed by atoms with Crippen molar-refractivity contribution >= 4 is 32.7 Å². The first kappa shape index (κ1) is 12.8. The molecule has 1 aliphatic heterocycles. The number of ether oxygens (including phenoxy) is 1. The van der Waals surface area contributed by atoms with Crippen LogP contribution in [0.2, 0.25) is 0 Å². The summed E-state index contributed by atoms with van der Waals surface area (Å²) in [6, 6.07) is 4.03. The van der Waals surface area contributed by atoms with Crippen LogP contribution in [0.3, 0.4) is 0 Å². The van der Waals surface area contributed by atoms with Gasteiger partial charge in [0, 0.05) is 43.0 Å². The Labute approximate surface area is 120 Å². The van der Waals surface area contributed by atoms with Gasteiger partial charge in [-0.05, 0) is 34.5 Å². The van der Waals surface area contributed by atoms with E-state index in [-0.39, 0.29) is 0 Å². The normalized spacial score (nSPS) is 18.9. The third kappa shape index (κ3) is 2.72. The third-order valence-electron chi connectivity index (χ3n) is 3.49. The molecule has 100 valence electrons. The number of rotatable bonds is 3. The monoisotopic (exact) mass is 321 g/mol. The van der Waals surface area contributed by atoms with Gasteiger partial charge in [-0.2, -0.15) is 0 Å². The molecule has 0 aromatic carbocycles. The van der Waals surface area contributed by atoms with Crippen molar-refractivity contribution in [3.05, 3.63) is 29.0 Å². The van der Waals surface area contributed by atoms with Gasteiger partial charge < -0.3 is 9.64 Å². The Morgan fingerprint density at radius 3 is 3.16 bits per heavy atom. The number of aromatic nitrogens is 2. The maximum Gasteiger partial charge on any atom is 0.112 e. The number of fused-ring (bicyclic) bond motifs is 1. The van der Waals surface area contributed by atoms with Crippen molar-refractivity contribution in [3.63, 3.8) is 0 Å². The molecule has 0 spiro atoms. The van der Waals surface area contributed by atoms with Crippen LogP contribution in [0.15, 0.2) is 29.0 Å². The number of anilines is 1. The van der Waals surface area contributed by atoms with E-state index in [0.717, 1.165) is 47.4 Å². The summed E-state index contributed by atoms with van der Waals surface area (Å²) < 4.78 is 6.39. The van der Waals surface area contributed by atoms with E-state index in [0.29, 0.717) is 5.92 Å². The van der Waals surface area contributed by atoms with Crippen molar-refractivity contribution in [2.75, 3.05) is 31.7 Å². The van der Waals surface area contributed by atoms with Crippen molar-refractivity contribution in [1.29, 1.82) is 0 Å². The van der Waals surface area contributed by atoms with Crippen molar-refractivity contribution in [2.45, 2.75) is 6.42 Å². The molecule has 1 aliphatic rings. The third-order valence-corrected chi connectivity index (χ3v) is 3.92. The molecule has 5 heteroatoms. The molecule has 2 aromatic heterocycles. The summed E-state index contributed by atoms with van der Waals surface area (Å²) in [7, 11) is 2.11. The highest BCUT2D eigenvalue weighted by atomic mass is 79.9. The Hall–Kier alpha value is -1.20. The van der Waals surface area contributed by atoms with Gasteiger partial charge in [0.25, 0.3) is 0 Å². The summed E-state index contributed by atoms with van der Waals surface area (Å²) in [6.45, 7) is 2.75. The Morgan fingerprint density at radius 1 is 1.47 bits per heavy atom. The molecule has 1 atom stereocenters. The molecule has 0 aliphatic carbocycles. The average molecular weight is 322 g/mol. The molecule has 0 bridgehead atoms. The topological polar surface area (TPSA) is 38.2 Å². The molecule has 1 fully saturated rings. The molecule has 2 aromatic rings. The first-order chi connectivity index (χ1) is 9.24.